The number of ether oxygens (including phenoxy) is 1. The Labute approximate surface area is 154 Å². The van der Waals surface area contributed by atoms with E-state index in [2.05, 4.69) is 17.0 Å². The normalized spacial score (nSPS) is 20.7. The van der Waals surface area contributed by atoms with E-state index in [9.17, 15) is 9.59 Å². The summed E-state index contributed by atoms with van der Waals surface area (Å²) in [5.74, 6) is -0.421. The number of nitrogens with zero attached hydrogens (tertiary/aromatic N) is 1. The Morgan fingerprint density at radius 3 is 2.23 bits per heavy atom. The van der Waals surface area contributed by atoms with Crippen molar-refractivity contribution < 1.29 is 14.3 Å². The van der Waals surface area contributed by atoms with Gasteiger partial charge in [-0.3, -0.25) is 14.5 Å². The molecule has 0 aliphatic carbocycles. The zero-order valence-electron chi connectivity index (χ0n) is 15.2. The Hall–Kier alpha value is -2.46. The molecule has 0 amide bonds. The summed E-state index contributed by atoms with van der Waals surface area (Å²) in [5, 5.41) is 0. The van der Waals surface area contributed by atoms with Crippen LogP contribution in [0.2, 0.25) is 0 Å². The maximum Gasteiger partial charge on any atom is 0.320 e. The van der Waals surface area contributed by atoms with Gasteiger partial charge >= 0.3 is 5.97 Å². The molecule has 0 N–H and O–H groups in total. The molecule has 1 atom stereocenters. The molecule has 26 heavy (non-hydrogen) atoms. The number of rotatable bonds is 6. The van der Waals surface area contributed by atoms with Crippen LogP contribution in [0, 0.1) is 5.41 Å². The lowest BCUT2D eigenvalue weighted by atomic mass is 9.72. The van der Waals surface area contributed by atoms with Gasteiger partial charge in [-0.25, -0.2) is 0 Å². The van der Waals surface area contributed by atoms with Crippen LogP contribution in [0.25, 0.3) is 0 Å². The van der Waals surface area contributed by atoms with Crippen molar-refractivity contribution in [3.63, 3.8) is 0 Å². The molecule has 0 radical (unpaired) electrons. The van der Waals surface area contributed by atoms with Crippen LogP contribution in [0.15, 0.2) is 60.7 Å². The second-order valence-electron chi connectivity index (χ2n) is 6.83. The molecule has 0 spiro atoms. The third-order valence-electron chi connectivity index (χ3n) is 5.02. The Bertz CT molecular complexity index is 744. The second kappa shape index (κ2) is 8.28. The fraction of sp³-hybridized carbons (Fsp3) is 0.364. The molecule has 0 unspecified atom stereocenters. The Morgan fingerprint density at radius 1 is 1.04 bits per heavy atom. The molecule has 1 fully saturated rings. The molecule has 1 aliphatic rings. The minimum atomic E-state index is -1.06. The van der Waals surface area contributed by atoms with Crippen LogP contribution in [0.3, 0.4) is 0 Å². The van der Waals surface area contributed by atoms with Crippen molar-refractivity contribution in [2.75, 3.05) is 19.7 Å². The standard InChI is InChI=1S/C22H25NO3/c1-2-26-21(25)22(15-18-9-5-3-6-10-18)13-14-23(17-20(22)24)16-19-11-7-4-8-12-19/h3-12H,2,13-17H2,1H3/t22-/m0/s1. The van der Waals surface area contributed by atoms with Gasteiger partial charge < -0.3 is 4.74 Å². The van der Waals surface area contributed by atoms with E-state index in [4.69, 9.17) is 4.74 Å². The van der Waals surface area contributed by atoms with Gasteiger partial charge in [0, 0.05) is 13.1 Å². The van der Waals surface area contributed by atoms with Crippen molar-refractivity contribution in [3.8, 4) is 0 Å². The molecule has 136 valence electrons. The number of Topliss-reactive ketones (excluding diaryl/α,β-unsaturated/α-hetero) is 1. The van der Waals surface area contributed by atoms with Crippen molar-refractivity contribution in [3.05, 3.63) is 71.8 Å². The molecule has 1 aliphatic heterocycles. The molecule has 0 bridgehead atoms. The molecule has 2 aromatic rings. The van der Waals surface area contributed by atoms with Gasteiger partial charge in [0.15, 0.2) is 5.78 Å². The van der Waals surface area contributed by atoms with Gasteiger partial charge in [-0.15, -0.1) is 0 Å². The molecule has 4 nitrogen and oxygen atoms in total. The Balaban J connectivity index is 1.77. The molecular formula is C22H25NO3. The van der Waals surface area contributed by atoms with Crippen LogP contribution >= 0.6 is 0 Å². The summed E-state index contributed by atoms with van der Waals surface area (Å²) in [6, 6.07) is 19.8. The number of likely N-dealkylation sites (tertiary alicyclic amines) is 1. The van der Waals surface area contributed by atoms with Gasteiger partial charge in [-0.1, -0.05) is 60.7 Å². The van der Waals surface area contributed by atoms with E-state index in [0.29, 0.717) is 19.4 Å². The minimum absolute atomic E-state index is 0.0398. The molecule has 2 aromatic carbocycles. The van der Waals surface area contributed by atoms with Crippen LogP contribution in [0.4, 0.5) is 0 Å². The minimum Gasteiger partial charge on any atom is -0.465 e. The maximum absolute atomic E-state index is 13.1. The summed E-state index contributed by atoms with van der Waals surface area (Å²) in [6.07, 6.45) is 0.900. The van der Waals surface area contributed by atoms with Gasteiger partial charge in [0.25, 0.3) is 0 Å². The fourth-order valence-corrected chi connectivity index (χ4v) is 3.59. The molecule has 0 aromatic heterocycles. The quantitative estimate of drug-likeness (QED) is 0.592. The molecule has 1 heterocycles. The van der Waals surface area contributed by atoms with Gasteiger partial charge in [0.1, 0.15) is 5.41 Å². The first kappa shape index (κ1) is 18.3. The maximum atomic E-state index is 13.1. The highest BCUT2D eigenvalue weighted by atomic mass is 16.5. The smallest absolute Gasteiger partial charge is 0.320 e. The van der Waals surface area contributed by atoms with Crippen LogP contribution in [0.1, 0.15) is 24.5 Å². The van der Waals surface area contributed by atoms with E-state index in [1.54, 1.807) is 6.92 Å². The summed E-state index contributed by atoms with van der Waals surface area (Å²) in [5.41, 5.74) is 1.10. The molecule has 0 saturated carbocycles. The number of carbonyl (C=O) groups is 2. The third kappa shape index (κ3) is 4.02. The van der Waals surface area contributed by atoms with Gasteiger partial charge in [0.05, 0.1) is 13.2 Å². The lowest BCUT2D eigenvalue weighted by Crippen LogP contribution is -2.53. The number of piperidine rings is 1. The van der Waals surface area contributed by atoms with Crippen molar-refractivity contribution in [2.45, 2.75) is 26.3 Å². The monoisotopic (exact) mass is 351 g/mol. The van der Waals surface area contributed by atoms with Crippen molar-refractivity contribution in [1.29, 1.82) is 0 Å². The average molecular weight is 351 g/mol. The average Bonchev–Trinajstić information content (AvgIpc) is 2.66. The van der Waals surface area contributed by atoms with E-state index in [0.717, 1.165) is 12.1 Å². The molecule has 3 rings (SSSR count). The summed E-state index contributed by atoms with van der Waals surface area (Å²) < 4.78 is 5.30. The van der Waals surface area contributed by atoms with Gasteiger partial charge in [0.2, 0.25) is 0 Å². The summed E-state index contributed by atoms with van der Waals surface area (Å²) in [4.78, 5) is 27.9. The van der Waals surface area contributed by atoms with Crippen LogP contribution < -0.4 is 0 Å². The first-order valence-electron chi connectivity index (χ1n) is 9.15. The predicted octanol–water partition coefficient (Wildman–Crippen LogP) is 3.25. The number of carbonyl (C=O) groups excluding carboxylic acids is 2. The van der Waals surface area contributed by atoms with E-state index >= 15 is 0 Å². The number of ketones is 1. The summed E-state index contributed by atoms with van der Waals surface area (Å²) in [7, 11) is 0. The summed E-state index contributed by atoms with van der Waals surface area (Å²) in [6.45, 7) is 3.77. The first-order valence-corrected chi connectivity index (χ1v) is 9.15. The highest BCUT2D eigenvalue weighted by molar-refractivity contribution is 6.05. The van der Waals surface area contributed by atoms with Crippen molar-refractivity contribution in [2.24, 2.45) is 5.41 Å². The zero-order chi connectivity index (χ0) is 18.4. The SMILES string of the molecule is CCOC(=O)[C@]1(Cc2ccccc2)CCN(Cc2ccccc2)CC1=O. The van der Waals surface area contributed by atoms with E-state index in [1.807, 2.05) is 48.5 Å². The van der Waals surface area contributed by atoms with E-state index in [1.165, 1.54) is 5.56 Å². The Kier molecular flexibility index (Phi) is 5.84. The number of hydrogen-bond acceptors (Lipinski definition) is 4. The molecule has 4 heteroatoms. The Morgan fingerprint density at radius 2 is 1.65 bits per heavy atom. The van der Waals surface area contributed by atoms with Crippen LogP contribution in [0.5, 0.6) is 0 Å². The third-order valence-corrected chi connectivity index (χ3v) is 5.02. The highest BCUT2D eigenvalue weighted by Crippen LogP contribution is 2.34. The largest absolute Gasteiger partial charge is 0.465 e. The zero-order valence-corrected chi connectivity index (χ0v) is 15.2. The first-order chi connectivity index (χ1) is 12.6. The van der Waals surface area contributed by atoms with Crippen molar-refractivity contribution >= 4 is 11.8 Å². The molecular weight excluding hydrogens is 326 g/mol. The van der Waals surface area contributed by atoms with Crippen LogP contribution in [-0.2, 0) is 27.3 Å². The topological polar surface area (TPSA) is 46.6 Å². The van der Waals surface area contributed by atoms with Gasteiger partial charge in [-0.05, 0) is 30.9 Å². The number of esters is 1. The molecule has 1 saturated heterocycles. The number of benzene rings is 2. The van der Waals surface area contributed by atoms with Crippen LogP contribution in [-0.4, -0.2) is 36.3 Å². The number of hydrogen-bond donors (Lipinski definition) is 0. The predicted molar refractivity (Wildman–Crippen MR) is 101 cm³/mol. The van der Waals surface area contributed by atoms with E-state index < -0.39 is 5.41 Å². The lowest BCUT2D eigenvalue weighted by Gasteiger charge is -2.38. The fourth-order valence-electron chi connectivity index (χ4n) is 3.59. The summed E-state index contributed by atoms with van der Waals surface area (Å²) >= 11 is 0. The van der Waals surface area contributed by atoms with Gasteiger partial charge in [-0.2, -0.15) is 0 Å². The van der Waals surface area contributed by atoms with Crippen molar-refractivity contribution in [1.82, 2.24) is 4.90 Å². The van der Waals surface area contributed by atoms with E-state index in [-0.39, 0.29) is 24.9 Å². The lowest BCUT2D eigenvalue weighted by molar-refractivity contribution is -0.163. The second-order valence-corrected chi connectivity index (χ2v) is 6.83. The highest BCUT2D eigenvalue weighted by Gasteiger charge is 2.49.